The van der Waals surface area contributed by atoms with Gasteiger partial charge in [0.2, 0.25) is 5.89 Å². The van der Waals surface area contributed by atoms with Crippen molar-refractivity contribution in [1.82, 2.24) is 24.9 Å². The van der Waals surface area contributed by atoms with Crippen LogP contribution in [0.4, 0.5) is 0 Å². The predicted octanol–water partition coefficient (Wildman–Crippen LogP) is 0.918. The molecule has 0 aliphatic carbocycles. The van der Waals surface area contributed by atoms with Gasteiger partial charge in [0.05, 0.1) is 17.6 Å². The van der Waals surface area contributed by atoms with Gasteiger partial charge < -0.3 is 9.26 Å². The minimum absolute atomic E-state index is 0.128. The van der Waals surface area contributed by atoms with E-state index < -0.39 is 0 Å². The molecule has 0 N–H and O–H groups in total. The van der Waals surface area contributed by atoms with Crippen molar-refractivity contribution in [2.75, 3.05) is 0 Å². The van der Waals surface area contributed by atoms with Gasteiger partial charge in [-0.25, -0.2) is 9.67 Å². The number of ether oxygens (including phenoxy) is 1. The van der Waals surface area contributed by atoms with E-state index in [0.29, 0.717) is 24.4 Å². The van der Waals surface area contributed by atoms with E-state index in [-0.39, 0.29) is 11.5 Å². The van der Waals surface area contributed by atoms with Gasteiger partial charge in [-0.15, -0.1) is 0 Å². The van der Waals surface area contributed by atoms with Crippen LogP contribution in [0.5, 0.6) is 0 Å². The van der Waals surface area contributed by atoms with E-state index in [1.54, 1.807) is 11.0 Å². The normalized spacial score (nSPS) is 33.1. The number of rotatable bonds is 3. The molecule has 2 bridgehead atoms. The standard InChI is InChI=1S/C12H15N5O2/c1-12(4-8-2-3-9(12)18-8)11-15-10(16-19-11)5-17-7-13-6-14-17/h6-9H,2-5H2,1H3. The molecule has 2 aliphatic rings. The van der Waals surface area contributed by atoms with Crippen LogP contribution in [-0.2, 0) is 16.7 Å². The van der Waals surface area contributed by atoms with Gasteiger partial charge in [-0.2, -0.15) is 10.1 Å². The quantitative estimate of drug-likeness (QED) is 0.817. The second-order valence-electron chi connectivity index (χ2n) is 5.55. The molecule has 19 heavy (non-hydrogen) atoms. The molecular weight excluding hydrogens is 246 g/mol. The van der Waals surface area contributed by atoms with Crippen molar-refractivity contribution in [2.24, 2.45) is 0 Å². The maximum absolute atomic E-state index is 5.90. The van der Waals surface area contributed by atoms with Gasteiger partial charge in [0.1, 0.15) is 19.2 Å². The highest BCUT2D eigenvalue weighted by molar-refractivity contribution is 5.14. The number of nitrogens with zero attached hydrogens (tertiary/aromatic N) is 5. The van der Waals surface area contributed by atoms with Crippen LogP contribution in [0.2, 0.25) is 0 Å². The summed E-state index contributed by atoms with van der Waals surface area (Å²) in [6.07, 6.45) is 6.92. The smallest absolute Gasteiger partial charge is 0.235 e. The Kier molecular flexibility index (Phi) is 2.26. The van der Waals surface area contributed by atoms with E-state index in [9.17, 15) is 0 Å². The van der Waals surface area contributed by atoms with Crippen molar-refractivity contribution in [1.29, 1.82) is 0 Å². The lowest BCUT2D eigenvalue weighted by molar-refractivity contribution is 0.0803. The molecule has 3 atom stereocenters. The largest absolute Gasteiger partial charge is 0.374 e. The molecule has 100 valence electrons. The van der Waals surface area contributed by atoms with Crippen molar-refractivity contribution in [2.45, 2.75) is 50.4 Å². The first-order valence-corrected chi connectivity index (χ1v) is 6.55. The summed E-state index contributed by atoms with van der Waals surface area (Å²) >= 11 is 0. The molecule has 4 rings (SSSR count). The Bertz CT molecular complexity index is 581. The van der Waals surface area contributed by atoms with Crippen molar-refractivity contribution < 1.29 is 9.26 Å². The van der Waals surface area contributed by atoms with Crippen LogP contribution in [0, 0.1) is 0 Å². The molecule has 4 heterocycles. The van der Waals surface area contributed by atoms with Crippen LogP contribution in [0.15, 0.2) is 17.2 Å². The summed E-state index contributed by atoms with van der Waals surface area (Å²) in [5.74, 6) is 1.32. The number of hydrogen-bond donors (Lipinski definition) is 0. The van der Waals surface area contributed by atoms with Gasteiger partial charge >= 0.3 is 0 Å². The summed E-state index contributed by atoms with van der Waals surface area (Å²) in [6, 6.07) is 0. The molecule has 0 spiro atoms. The van der Waals surface area contributed by atoms with Crippen molar-refractivity contribution in [3.05, 3.63) is 24.4 Å². The zero-order chi connectivity index (χ0) is 12.9. The molecule has 3 unspecified atom stereocenters. The first-order valence-electron chi connectivity index (χ1n) is 6.55. The lowest BCUT2D eigenvalue weighted by Gasteiger charge is -2.26. The van der Waals surface area contributed by atoms with E-state index >= 15 is 0 Å². The minimum atomic E-state index is -0.128. The fraction of sp³-hybridized carbons (Fsp3) is 0.667. The topological polar surface area (TPSA) is 78.9 Å². The summed E-state index contributed by atoms with van der Waals surface area (Å²) in [6.45, 7) is 2.64. The Morgan fingerprint density at radius 2 is 2.42 bits per heavy atom. The highest BCUT2D eigenvalue weighted by Crippen LogP contribution is 2.48. The highest BCUT2D eigenvalue weighted by Gasteiger charge is 2.53. The average Bonchev–Trinajstić information content (AvgIpc) is 3.11. The third-order valence-electron chi connectivity index (χ3n) is 4.20. The Hall–Kier alpha value is -1.76. The van der Waals surface area contributed by atoms with Crippen LogP contribution in [0.1, 0.15) is 37.9 Å². The van der Waals surface area contributed by atoms with Crippen molar-refractivity contribution in [3.63, 3.8) is 0 Å². The third-order valence-corrected chi connectivity index (χ3v) is 4.20. The van der Waals surface area contributed by atoms with Gasteiger partial charge in [0, 0.05) is 0 Å². The van der Waals surface area contributed by atoms with Gasteiger partial charge in [0.15, 0.2) is 5.82 Å². The van der Waals surface area contributed by atoms with Crippen molar-refractivity contribution in [3.8, 4) is 0 Å². The predicted molar refractivity (Wildman–Crippen MR) is 63.3 cm³/mol. The summed E-state index contributed by atoms with van der Waals surface area (Å²) in [4.78, 5) is 8.40. The molecule has 2 aliphatic heterocycles. The average molecular weight is 261 g/mol. The monoisotopic (exact) mass is 261 g/mol. The maximum atomic E-state index is 5.90. The van der Waals surface area contributed by atoms with E-state index in [2.05, 4.69) is 27.1 Å². The van der Waals surface area contributed by atoms with Crippen LogP contribution in [-0.4, -0.2) is 37.1 Å². The lowest BCUT2D eigenvalue weighted by Crippen LogP contribution is -2.34. The number of hydrogen-bond acceptors (Lipinski definition) is 6. The van der Waals surface area contributed by atoms with E-state index in [0.717, 1.165) is 19.3 Å². The Morgan fingerprint density at radius 1 is 1.47 bits per heavy atom. The summed E-state index contributed by atoms with van der Waals surface area (Å²) in [7, 11) is 0. The molecule has 2 aromatic rings. The Labute approximate surface area is 110 Å². The summed E-state index contributed by atoms with van der Waals surface area (Å²) in [5, 5.41) is 8.07. The van der Waals surface area contributed by atoms with Crippen LogP contribution >= 0.6 is 0 Å². The molecule has 7 nitrogen and oxygen atoms in total. The number of fused-ring (bicyclic) bond motifs is 2. The third kappa shape index (κ3) is 1.68. The molecule has 0 amide bonds. The molecule has 2 saturated heterocycles. The van der Waals surface area contributed by atoms with Gasteiger partial charge in [-0.05, 0) is 26.2 Å². The first kappa shape index (κ1) is 11.1. The fourth-order valence-corrected chi connectivity index (χ4v) is 3.16. The SMILES string of the molecule is CC1(c2nc(Cn3cncn3)no2)CC2CCC1O2. The Balaban J connectivity index is 1.58. The molecule has 2 fully saturated rings. The van der Waals surface area contributed by atoms with E-state index in [1.807, 2.05) is 0 Å². The molecule has 0 saturated carbocycles. The van der Waals surface area contributed by atoms with Gasteiger partial charge in [-0.3, -0.25) is 0 Å². The molecule has 0 radical (unpaired) electrons. The molecule has 0 aromatic carbocycles. The van der Waals surface area contributed by atoms with E-state index in [1.165, 1.54) is 6.33 Å². The second kappa shape index (κ2) is 3.86. The molecule has 2 aromatic heterocycles. The van der Waals surface area contributed by atoms with Crippen LogP contribution in [0.3, 0.4) is 0 Å². The second-order valence-corrected chi connectivity index (χ2v) is 5.55. The zero-order valence-corrected chi connectivity index (χ0v) is 10.7. The summed E-state index contributed by atoms with van der Waals surface area (Å²) in [5.41, 5.74) is -0.128. The van der Waals surface area contributed by atoms with Crippen molar-refractivity contribution >= 4 is 0 Å². The number of aromatic nitrogens is 5. The maximum Gasteiger partial charge on any atom is 0.235 e. The van der Waals surface area contributed by atoms with E-state index in [4.69, 9.17) is 9.26 Å². The first-order chi connectivity index (χ1) is 9.24. The lowest BCUT2D eigenvalue weighted by atomic mass is 9.75. The minimum Gasteiger partial charge on any atom is -0.374 e. The fourth-order valence-electron chi connectivity index (χ4n) is 3.16. The van der Waals surface area contributed by atoms with Gasteiger partial charge in [0.25, 0.3) is 0 Å². The molecule has 7 heteroatoms. The van der Waals surface area contributed by atoms with Gasteiger partial charge in [-0.1, -0.05) is 5.16 Å². The molecular formula is C12H15N5O2. The highest BCUT2D eigenvalue weighted by atomic mass is 16.5. The zero-order valence-electron chi connectivity index (χ0n) is 10.7. The summed E-state index contributed by atoms with van der Waals surface area (Å²) < 4.78 is 13.0. The van der Waals surface area contributed by atoms with Crippen LogP contribution in [0.25, 0.3) is 0 Å². The van der Waals surface area contributed by atoms with Crippen LogP contribution < -0.4 is 0 Å². The Morgan fingerprint density at radius 3 is 3.11 bits per heavy atom.